The van der Waals surface area contributed by atoms with Crippen molar-refractivity contribution in [2.24, 2.45) is 0 Å². The molecule has 1 aromatic carbocycles. The predicted octanol–water partition coefficient (Wildman–Crippen LogP) is 1.24. The Hall–Kier alpha value is -1.67. The zero-order valence-corrected chi connectivity index (χ0v) is 12.8. The van der Waals surface area contributed by atoms with Crippen LogP contribution in [0, 0.1) is 0 Å². The van der Waals surface area contributed by atoms with Gasteiger partial charge in [-0.3, -0.25) is 4.79 Å². The van der Waals surface area contributed by atoms with Crippen LogP contribution in [-0.2, 0) is 26.2 Å². The highest BCUT2D eigenvalue weighted by Gasteiger charge is 2.43. The first-order chi connectivity index (χ1) is 10.2. The van der Waals surface area contributed by atoms with Crippen LogP contribution in [0.3, 0.4) is 0 Å². The van der Waals surface area contributed by atoms with Crippen molar-refractivity contribution in [3.63, 3.8) is 0 Å². The fourth-order valence-corrected chi connectivity index (χ4v) is 3.17. The number of carbonyl (C=O) groups is 2. The topological polar surface area (TPSA) is 91.8 Å². The Bertz CT molecular complexity index is 691. The molecule has 1 heterocycles. The summed E-state index contributed by atoms with van der Waals surface area (Å²) in [5.41, 5.74) is 0.621. The zero-order chi connectivity index (χ0) is 16.5. The Morgan fingerprint density at radius 1 is 1.41 bits per heavy atom. The van der Waals surface area contributed by atoms with Gasteiger partial charge in [-0.1, -0.05) is 23.7 Å². The highest BCUT2D eigenvalue weighted by Crippen LogP contribution is 2.24. The lowest BCUT2D eigenvalue weighted by atomic mass is 10.1. The minimum Gasteiger partial charge on any atom is -0.480 e. The van der Waals surface area contributed by atoms with Gasteiger partial charge in [0, 0.05) is 24.4 Å². The second-order valence-electron chi connectivity index (χ2n) is 5.03. The maximum Gasteiger partial charge on any atom is 0.326 e. The summed E-state index contributed by atoms with van der Waals surface area (Å²) in [5, 5.41) is 8.27. The van der Waals surface area contributed by atoms with Crippen molar-refractivity contribution >= 4 is 33.7 Å². The average molecular weight is 350 g/mol. The van der Waals surface area contributed by atoms with Gasteiger partial charge in [-0.05, 0) is 17.7 Å². The summed E-state index contributed by atoms with van der Waals surface area (Å²) >= 11 is 5.74. The third-order valence-corrected chi connectivity index (χ3v) is 4.89. The van der Waals surface area contributed by atoms with Gasteiger partial charge < -0.3 is 10.0 Å². The SMILES string of the molecule is O=C(O)C(Cc1ccc(Cl)cc1)N1CC(S(=O)(=O)F)CC1=O. The van der Waals surface area contributed by atoms with E-state index in [-0.39, 0.29) is 6.42 Å². The van der Waals surface area contributed by atoms with Crippen LogP contribution in [0.2, 0.25) is 5.02 Å². The van der Waals surface area contributed by atoms with Crippen molar-refractivity contribution < 1.29 is 27.0 Å². The molecule has 1 N–H and O–H groups in total. The Morgan fingerprint density at radius 3 is 2.45 bits per heavy atom. The molecular formula is C13H13ClFNO5S. The summed E-state index contributed by atoms with van der Waals surface area (Å²) in [6.45, 7) is -0.456. The molecule has 120 valence electrons. The number of likely N-dealkylation sites (tertiary alicyclic amines) is 1. The van der Waals surface area contributed by atoms with E-state index in [1.807, 2.05) is 0 Å². The third-order valence-electron chi connectivity index (χ3n) is 3.52. The van der Waals surface area contributed by atoms with E-state index >= 15 is 0 Å². The summed E-state index contributed by atoms with van der Waals surface area (Å²) < 4.78 is 34.8. The van der Waals surface area contributed by atoms with Crippen LogP contribution in [0.25, 0.3) is 0 Å². The van der Waals surface area contributed by atoms with Gasteiger partial charge in [0.25, 0.3) is 0 Å². The smallest absolute Gasteiger partial charge is 0.326 e. The van der Waals surface area contributed by atoms with Gasteiger partial charge in [-0.15, -0.1) is 3.89 Å². The molecule has 0 aromatic heterocycles. The molecule has 22 heavy (non-hydrogen) atoms. The number of benzene rings is 1. The molecule has 2 atom stereocenters. The van der Waals surface area contributed by atoms with Crippen LogP contribution in [0.15, 0.2) is 24.3 Å². The maximum atomic E-state index is 13.0. The minimum atomic E-state index is -4.88. The third kappa shape index (κ3) is 3.75. The first-order valence-corrected chi connectivity index (χ1v) is 8.21. The van der Waals surface area contributed by atoms with Crippen LogP contribution in [0.1, 0.15) is 12.0 Å². The quantitative estimate of drug-likeness (QED) is 0.807. The molecule has 1 fully saturated rings. The Balaban J connectivity index is 2.20. The molecule has 1 aliphatic rings. The molecule has 0 spiro atoms. The lowest BCUT2D eigenvalue weighted by Gasteiger charge is -2.24. The zero-order valence-electron chi connectivity index (χ0n) is 11.3. The molecule has 2 rings (SSSR count). The lowest BCUT2D eigenvalue weighted by Crippen LogP contribution is -2.44. The lowest BCUT2D eigenvalue weighted by molar-refractivity contribution is -0.148. The van der Waals surface area contributed by atoms with Gasteiger partial charge in [0.1, 0.15) is 11.3 Å². The van der Waals surface area contributed by atoms with Crippen LogP contribution in [0.5, 0.6) is 0 Å². The molecule has 0 saturated carbocycles. The van der Waals surface area contributed by atoms with Crippen molar-refractivity contribution in [3.05, 3.63) is 34.9 Å². The highest BCUT2D eigenvalue weighted by atomic mass is 35.5. The molecule has 9 heteroatoms. The molecule has 0 bridgehead atoms. The van der Waals surface area contributed by atoms with E-state index in [0.29, 0.717) is 10.6 Å². The summed E-state index contributed by atoms with van der Waals surface area (Å²) in [4.78, 5) is 24.1. The van der Waals surface area contributed by atoms with Crippen LogP contribution < -0.4 is 0 Å². The molecule has 0 radical (unpaired) electrons. The van der Waals surface area contributed by atoms with Crippen molar-refractivity contribution in [2.75, 3.05) is 6.54 Å². The van der Waals surface area contributed by atoms with Crippen molar-refractivity contribution in [3.8, 4) is 0 Å². The highest BCUT2D eigenvalue weighted by molar-refractivity contribution is 7.87. The first-order valence-electron chi connectivity index (χ1n) is 6.38. The number of amides is 1. The van der Waals surface area contributed by atoms with Gasteiger partial charge in [0.05, 0.1) is 0 Å². The van der Waals surface area contributed by atoms with Gasteiger partial charge in [-0.25, -0.2) is 4.79 Å². The van der Waals surface area contributed by atoms with Crippen LogP contribution in [-0.4, -0.2) is 48.1 Å². The number of aliphatic carboxylic acids is 1. The van der Waals surface area contributed by atoms with E-state index in [0.717, 1.165) is 4.90 Å². The monoisotopic (exact) mass is 349 g/mol. The largest absolute Gasteiger partial charge is 0.480 e. The van der Waals surface area contributed by atoms with Crippen molar-refractivity contribution in [1.29, 1.82) is 0 Å². The van der Waals surface area contributed by atoms with Gasteiger partial charge >= 0.3 is 16.2 Å². The van der Waals surface area contributed by atoms with Crippen LogP contribution >= 0.6 is 11.6 Å². The Labute approximate surface area is 131 Å². The Kier molecular flexibility index (Phi) is 4.72. The van der Waals surface area contributed by atoms with E-state index in [9.17, 15) is 27.0 Å². The molecular weight excluding hydrogens is 337 g/mol. The number of rotatable bonds is 5. The number of carboxylic acids is 1. The number of carboxylic acid groups (broad SMARTS) is 1. The average Bonchev–Trinajstić information content (AvgIpc) is 2.79. The Morgan fingerprint density at radius 2 is 2.00 bits per heavy atom. The van der Waals surface area contributed by atoms with E-state index in [1.54, 1.807) is 24.3 Å². The number of hydrogen-bond acceptors (Lipinski definition) is 4. The molecule has 2 unspecified atom stereocenters. The van der Waals surface area contributed by atoms with Crippen molar-refractivity contribution in [1.82, 2.24) is 4.90 Å². The first kappa shape index (κ1) is 16.7. The van der Waals surface area contributed by atoms with Gasteiger partial charge in [0.15, 0.2) is 0 Å². The summed E-state index contributed by atoms with van der Waals surface area (Å²) in [6, 6.07) is 5.14. The van der Waals surface area contributed by atoms with Gasteiger partial charge in [-0.2, -0.15) is 8.42 Å². The summed E-state index contributed by atoms with van der Waals surface area (Å²) in [5.74, 6) is -1.97. The van der Waals surface area contributed by atoms with E-state index in [1.165, 1.54) is 0 Å². The van der Waals surface area contributed by atoms with E-state index < -0.39 is 46.4 Å². The van der Waals surface area contributed by atoms with E-state index in [2.05, 4.69) is 0 Å². The van der Waals surface area contributed by atoms with Crippen molar-refractivity contribution in [2.45, 2.75) is 24.1 Å². The molecule has 0 aliphatic carbocycles. The summed E-state index contributed by atoms with van der Waals surface area (Å²) in [6.07, 6.45) is -0.555. The molecule has 6 nitrogen and oxygen atoms in total. The number of hydrogen-bond donors (Lipinski definition) is 1. The maximum absolute atomic E-state index is 13.0. The molecule has 1 aromatic rings. The summed E-state index contributed by atoms with van der Waals surface area (Å²) in [7, 11) is -4.88. The fraction of sp³-hybridized carbons (Fsp3) is 0.385. The fourth-order valence-electron chi connectivity index (χ4n) is 2.36. The van der Waals surface area contributed by atoms with Crippen LogP contribution in [0.4, 0.5) is 3.89 Å². The number of halogens is 2. The number of carbonyl (C=O) groups excluding carboxylic acids is 1. The second-order valence-corrected chi connectivity index (χ2v) is 7.09. The number of nitrogens with zero attached hydrogens (tertiary/aromatic N) is 1. The minimum absolute atomic E-state index is 0.0166. The van der Waals surface area contributed by atoms with E-state index in [4.69, 9.17) is 11.6 Å². The molecule has 1 saturated heterocycles. The normalized spacial score (nSPS) is 20.2. The standard InChI is InChI=1S/C13H13ClFNO5S/c14-9-3-1-8(2-4-9)5-11(13(18)19)16-7-10(6-12(16)17)22(15,20)21/h1-4,10-11H,5-7H2,(H,18,19). The predicted molar refractivity (Wildman–Crippen MR) is 76.7 cm³/mol. The molecule has 1 amide bonds. The molecule has 1 aliphatic heterocycles. The van der Waals surface area contributed by atoms with Gasteiger partial charge in [0.2, 0.25) is 5.91 Å². The second kappa shape index (κ2) is 6.21.